The Kier molecular flexibility index (Phi) is 2.79. The zero-order chi connectivity index (χ0) is 12.2. The summed E-state index contributed by atoms with van der Waals surface area (Å²) in [6.07, 6.45) is 3.50. The van der Waals surface area contributed by atoms with E-state index in [1.54, 1.807) is 12.4 Å². The fraction of sp³-hybridized carbons (Fsp3) is 0.0769. The minimum atomic E-state index is 0.739. The molecular formula is C13H13N5. The molecule has 5 heteroatoms. The third kappa shape index (κ3) is 2.24. The van der Waals surface area contributed by atoms with E-state index in [1.807, 2.05) is 24.3 Å². The van der Waals surface area contributed by atoms with Crippen LogP contribution in [-0.4, -0.2) is 20.4 Å². The molecule has 3 aromatic rings. The van der Waals surface area contributed by atoms with Gasteiger partial charge in [-0.3, -0.25) is 10.2 Å². The monoisotopic (exact) mass is 239 g/mol. The number of aromatic amines is 2. The molecule has 3 rings (SSSR count). The van der Waals surface area contributed by atoms with E-state index in [0.717, 1.165) is 29.2 Å². The SMILES string of the molecule is c1cc(CNc2ccc(-c3ccn[nH]3)cc2)[nH]n1. The Bertz CT molecular complexity index is 581. The fourth-order valence-corrected chi connectivity index (χ4v) is 1.76. The van der Waals surface area contributed by atoms with Gasteiger partial charge in [-0.1, -0.05) is 12.1 Å². The number of hydrogen-bond donors (Lipinski definition) is 3. The average Bonchev–Trinajstić information content (AvgIpc) is 3.10. The second kappa shape index (κ2) is 4.75. The van der Waals surface area contributed by atoms with Gasteiger partial charge in [0.1, 0.15) is 0 Å². The fourth-order valence-electron chi connectivity index (χ4n) is 1.76. The summed E-state index contributed by atoms with van der Waals surface area (Å²) in [6, 6.07) is 12.1. The zero-order valence-corrected chi connectivity index (χ0v) is 9.72. The Labute approximate surface area is 104 Å². The molecular weight excluding hydrogens is 226 g/mol. The van der Waals surface area contributed by atoms with Crippen molar-refractivity contribution in [3.8, 4) is 11.3 Å². The highest BCUT2D eigenvalue weighted by Crippen LogP contribution is 2.19. The van der Waals surface area contributed by atoms with Crippen LogP contribution in [0.2, 0.25) is 0 Å². The quantitative estimate of drug-likeness (QED) is 0.654. The number of hydrogen-bond acceptors (Lipinski definition) is 3. The molecule has 2 heterocycles. The minimum absolute atomic E-state index is 0.739. The zero-order valence-electron chi connectivity index (χ0n) is 9.72. The molecule has 0 saturated heterocycles. The largest absolute Gasteiger partial charge is 0.379 e. The Morgan fingerprint density at radius 3 is 2.33 bits per heavy atom. The van der Waals surface area contributed by atoms with E-state index in [1.165, 1.54) is 0 Å². The first-order valence-corrected chi connectivity index (χ1v) is 5.74. The van der Waals surface area contributed by atoms with Crippen molar-refractivity contribution >= 4 is 5.69 Å². The van der Waals surface area contributed by atoms with Crippen molar-refractivity contribution in [2.24, 2.45) is 0 Å². The van der Waals surface area contributed by atoms with E-state index in [0.29, 0.717) is 0 Å². The van der Waals surface area contributed by atoms with Crippen molar-refractivity contribution in [2.75, 3.05) is 5.32 Å². The molecule has 0 fully saturated rings. The molecule has 5 nitrogen and oxygen atoms in total. The maximum absolute atomic E-state index is 3.94. The number of rotatable bonds is 4. The number of anilines is 1. The van der Waals surface area contributed by atoms with Gasteiger partial charge in [0.15, 0.2) is 0 Å². The molecule has 0 amide bonds. The van der Waals surface area contributed by atoms with E-state index in [9.17, 15) is 0 Å². The summed E-state index contributed by atoms with van der Waals surface area (Å²) in [7, 11) is 0. The first kappa shape index (κ1) is 10.6. The smallest absolute Gasteiger partial charge is 0.0650 e. The summed E-state index contributed by atoms with van der Waals surface area (Å²) < 4.78 is 0. The molecule has 0 aliphatic rings. The van der Waals surface area contributed by atoms with Crippen LogP contribution in [0.5, 0.6) is 0 Å². The van der Waals surface area contributed by atoms with E-state index < -0.39 is 0 Å². The van der Waals surface area contributed by atoms with Crippen LogP contribution in [-0.2, 0) is 6.54 Å². The van der Waals surface area contributed by atoms with Crippen molar-refractivity contribution in [3.05, 3.63) is 54.5 Å². The second-order valence-corrected chi connectivity index (χ2v) is 3.98. The summed E-state index contributed by atoms with van der Waals surface area (Å²) in [6.45, 7) is 0.739. The number of H-pyrrole nitrogens is 2. The maximum atomic E-state index is 3.94. The van der Waals surface area contributed by atoms with Crippen LogP contribution in [0.15, 0.2) is 48.8 Å². The Morgan fingerprint density at radius 1 is 0.889 bits per heavy atom. The van der Waals surface area contributed by atoms with E-state index in [4.69, 9.17) is 0 Å². The van der Waals surface area contributed by atoms with Gasteiger partial charge < -0.3 is 5.32 Å². The second-order valence-electron chi connectivity index (χ2n) is 3.98. The van der Waals surface area contributed by atoms with Crippen molar-refractivity contribution in [1.29, 1.82) is 0 Å². The number of nitrogens with zero attached hydrogens (tertiary/aromatic N) is 2. The Hall–Kier alpha value is -2.56. The van der Waals surface area contributed by atoms with Gasteiger partial charge in [0, 0.05) is 18.1 Å². The van der Waals surface area contributed by atoms with Crippen LogP contribution < -0.4 is 5.32 Å². The van der Waals surface area contributed by atoms with Gasteiger partial charge >= 0.3 is 0 Å². The van der Waals surface area contributed by atoms with Gasteiger partial charge in [-0.2, -0.15) is 10.2 Å². The number of nitrogens with one attached hydrogen (secondary N) is 3. The lowest BCUT2D eigenvalue weighted by Crippen LogP contribution is -1.99. The normalized spacial score (nSPS) is 10.4. The first-order chi connectivity index (χ1) is 8.92. The highest BCUT2D eigenvalue weighted by molar-refractivity contribution is 5.62. The first-order valence-electron chi connectivity index (χ1n) is 5.74. The van der Waals surface area contributed by atoms with Crippen LogP contribution in [0, 0.1) is 0 Å². The van der Waals surface area contributed by atoms with Crippen LogP contribution >= 0.6 is 0 Å². The van der Waals surface area contributed by atoms with Gasteiger partial charge in [0.2, 0.25) is 0 Å². The summed E-state index contributed by atoms with van der Waals surface area (Å²) >= 11 is 0. The Morgan fingerprint density at radius 2 is 1.67 bits per heavy atom. The van der Waals surface area contributed by atoms with Gasteiger partial charge in [-0.25, -0.2) is 0 Å². The summed E-state index contributed by atoms with van der Waals surface area (Å²) in [4.78, 5) is 0. The number of aromatic nitrogens is 4. The lowest BCUT2D eigenvalue weighted by atomic mass is 10.1. The minimum Gasteiger partial charge on any atom is -0.379 e. The van der Waals surface area contributed by atoms with Crippen LogP contribution in [0.25, 0.3) is 11.3 Å². The van der Waals surface area contributed by atoms with Gasteiger partial charge in [0.05, 0.1) is 17.9 Å². The standard InChI is InChI=1S/C13H13N5/c1-3-11(14-9-12-5-7-15-17-12)4-2-10(1)13-6-8-16-18-13/h1-8,14H,9H2,(H,15,17)(H,16,18). The van der Waals surface area contributed by atoms with Crippen LogP contribution in [0.3, 0.4) is 0 Å². The van der Waals surface area contributed by atoms with E-state index >= 15 is 0 Å². The predicted octanol–water partition coefficient (Wildman–Crippen LogP) is 2.41. The van der Waals surface area contributed by atoms with Crippen molar-refractivity contribution in [1.82, 2.24) is 20.4 Å². The van der Waals surface area contributed by atoms with Crippen LogP contribution in [0.1, 0.15) is 5.69 Å². The summed E-state index contributed by atoms with van der Waals surface area (Å²) in [5, 5.41) is 17.0. The van der Waals surface area contributed by atoms with Gasteiger partial charge in [-0.05, 0) is 29.8 Å². The van der Waals surface area contributed by atoms with Gasteiger partial charge in [0.25, 0.3) is 0 Å². The third-order valence-corrected chi connectivity index (χ3v) is 2.74. The maximum Gasteiger partial charge on any atom is 0.0650 e. The molecule has 90 valence electrons. The van der Waals surface area contributed by atoms with E-state index in [-0.39, 0.29) is 0 Å². The van der Waals surface area contributed by atoms with Crippen molar-refractivity contribution < 1.29 is 0 Å². The topological polar surface area (TPSA) is 69.4 Å². The highest BCUT2D eigenvalue weighted by Gasteiger charge is 1.99. The molecule has 18 heavy (non-hydrogen) atoms. The number of benzene rings is 1. The predicted molar refractivity (Wildman–Crippen MR) is 69.9 cm³/mol. The summed E-state index contributed by atoms with van der Waals surface area (Å²) in [5.74, 6) is 0. The Balaban J connectivity index is 1.68. The van der Waals surface area contributed by atoms with Crippen LogP contribution in [0.4, 0.5) is 5.69 Å². The molecule has 0 saturated carbocycles. The highest BCUT2D eigenvalue weighted by atomic mass is 15.1. The molecule has 0 radical (unpaired) electrons. The van der Waals surface area contributed by atoms with Crippen molar-refractivity contribution in [2.45, 2.75) is 6.54 Å². The lowest BCUT2D eigenvalue weighted by molar-refractivity contribution is 0.981. The molecule has 1 aromatic carbocycles. The van der Waals surface area contributed by atoms with Gasteiger partial charge in [-0.15, -0.1) is 0 Å². The molecule has 0 spiro atoms. The molecule has 0 aliphatic carbocycles. The lowest BCUT2D eigenvalue weighted by Gasteiger charge is -2.05. The van der Waals surface area contributed by atoms with E-state index in [2.05, 4.69) is 37.8 Å². The average molecular weight is 239 g/mol. The molecule has 0 bridgehead atoms. The third-order valence-electron chi connectivity index (χ3n) is 2.74. The molecule has 2 aromatic heterocycles. The summed E-state index contributed by atoms with van der Waals surface area (Å²) in [5.41, 5.74) is 4.29. The molecule has 3 N–H and O–H groups in total. The molecule has 0 unspecified atom stereocenters. The molecule has 0 atom stereocenters. The molecule has 0 aliphatic heterocycles. The van der Waals surface area contributed by atoms with Crippen molar-refractivity contribution in [3.63, 3.8) is 0 Å².